The van der Waals surface area contributed by atoms with Crippen LogP contribution in [0.15, 0.2) is 42.7 Å². The molecule has 18 heavy (non-hydrogen) atoms. The normalized spacial score (nSPS) is 9.89. The highest BCUT2D eigenvalue weighted by Gasteiger charge is 2.10. The minimum Gasteiger partial charge on any atom is -0.496 e. The number of rotatable bonds is 3. The molecule has 0 aliphatic heterocycles. The van der Waals surface area contributed by atoms with Crippen molar-refractivity contribution in [2.45, 2.75) is 0 Å². The Balaban J connectivity index is 2.48. The van der Waals surface area contributed by atoms with Crippen molar-refractivity contribution in [1.82, 2.24) is 4.98 Å². The zero-order valence-electron chi connectivity index (χ0n) is 10.2. The molecular formula is C14H13NO3. The van der Waals surface area contributed by atoms with Gasteiger partial charge in [-0.3, -0.25) is 4.98 Å². The number of methoxy groups -OCH3 is 2. The summed E-state index contributed by atoms with van der Waals surface area (Å²) in [5.41, 5.74) is 2.12. The fourth-order valence-electron chi connectivity index (χ4n) is 1.70. The van der Waals surface area contributed by atoms with E-state index in [-0.39, 0.29) is 0 Å². The van der Waals surface area contributed by atoms with E-state index in [0.717, 1.165) is 16.9 Å². The van der Waals surface area contributed by atoms with Crippen molar-refractivity contribution in [1.29, 1.82) is 0 Å². The number of hydrogen-bond donors (Lipinski definition) is 0. The zero-order chi connectivity index (χ0) is 13.0. The Morgan fingerprint density at radius 3 is 2.67 bits per heavy atom. The van der Waals surface area contributed by atoms with Crippen molar-refractivity contribution in [3.63, 3.8) is 0 Å². The van der Waals surface area contributed by atoms with Crippen LogP contribution in [0.2, 0.25) is 0 Å². The van der Waals surface area contributed by atoms with Crippen LogP contribution in [0.1, 0.15) is 10.4 Å². The molecular weight excluding hydrogens is 230 g/mol. The smallest absolute Gasteiger partial charge is 0.339 e. The van der Waals surface area contributed by atoms with Gasteiger partial charge in [-0.2, -0.15) is 0 Å². The highest BCUT2D eigenvalue weighted by Crippen LogP contribution is 2.29. The first-order valence-corrected chi connectivity index (χ1v) is 5.43. The summed E-state index contributed by atoms with van der Waals surface area (Å²) < 4.78 is 9.96. The van der Waals surface area contributed by atoms with E-state index in [2.05, 4.69) is 9.72 Å². The first-order chi connectivity index (χ1) is 8.76. The van der Waals surface area contributed by atoms with Gasteiger partial charge < -0.3 is 9.47 Å². The highest BCUT2D eigenvalue weighted by molar-refractivity contribution is 5.90. The van der Waals surface area contributed by atoms with Crippen molar-refractivity contribution in [3.05, 3.63) is 48.3 Å². The number of esters is 1. The monoisotopic (exact) mass is 243 g/mol. The van der Waals surface area contributed by atoms with E-state index in [4.69, 9.17) is 4.74 Å². The van der Waals surface area contributed by atoms with E-state index in [1.807, 2.05) is 24.3 Å². The van der Waals surface area contributed by atoms with Crippen molar-refractivity contribution < 1.29 is 14.3 Å². The third-order valence-electron chi connectivity index (χ3n) is 2.58. The van der Waals surface area contributed by atoms with Gasteiger partial charge in [0.15, 0.2) is 0 Å². The Labute approximate surface area is 105 Å². The van der Waals surface area contributed by atoms with Gasteiger partial charge in [-0.25, -0.2) is 4.79 Å². The molecule has 0 aliphatic rings. The average Bonchev–Trinajstić information content (AvgIpc) is 2.46. The van der Waals surface area contributed by atoms with Crippen LogP contribution in [0, 0.1) is 0 Å². The number of benzene rings is 1. The van der Waals surface area contributed by atoms with Crippen LogP contribution < -0.4 is 4.74 Å². The maximum absolute atomic E-state index is 11.5. The van der Waals surface area contributed by atoms with E-state index in [1.165, 1.54) is 13.3 Å². The number of hydrogen-bond acceptors (Lipinski definition) is 4. The SMILES string of the molecule is COC(=O)c1cncc(-c2ccccc2OC)c1. The molecule has 2 aromatic rings. The summed E-state index contributed by atoms with van der Waals surface area (Å²) in [5, 5.41) is 0. The van der Waals surface area contributed by atoms with Crippen molar-refractivity contribution in [2.75, 3.05) is 14.2 Å². The average molecular weight is 243 g/mol. The Morgan fingerprint density at radius 1 is 1.17 bits per heavy atom. The van der Waals surface area contributed by atoms with Gasteiger partial charge in [-0.15, -0.1) is 0 Å². The lowest BCUT2D eigenvalue weighted by Crippen LogP contribution is -2.02. The summed E-state index contributed by atoms with van der Waals surface area (Å²) in [6.07, 6.45) is 3.16. The molecule has 0 spiro atoms. The van der Waals surface area contributed by atoms with E-state index in [9.17, 15) is 4.79 Å². The molecule has 0 atom stereocenters. The summed E-state index contributed by atoms with van der Waals surface area (Å²) in [5.74, 6) is 0.334. The van der Waals surface area contributed by atoms with Crippen LogP contribution in [-0.4, -0.2) is 25.2 Å². The van der Waals surface area contributed by atoms with Crippen molar-refractivity contribution >= 4 is 5.97 Å². The van der Waals surface area contributed by atoms with Crippen LogP contribution in [0.3, 0.4) is 0 Å². The molecule has 0 N–H and O–H groups in total. The predicted molar refractivity (Wildman–Crippen MR) is 67.6 cm³/mol. The second kappa shape index (κ2) is 5.31. The fraction of sp³-hybridized carbons (Fsp3) is 0.143. The Kier molecular flexibility index (Phi) is 3.57. The second-order valence-electron chi connectivity index (χ2n) is 3.65. The molecule has 0 aliphatic carbocycles. The number of nitrogens with zero attached hydrogens (tertiary/aromatic N) is 1. The molecule has 92 valence electrons. The van der Waals surface area contributed by atoms with E-state index in [1.54, 1.807) is 19.4 Å². The van der Waals surface area contributed by atoms with Gasteiger partial charge in [-0.1, -0.05) is 18.2 Å². The van der Waals surface area contributed by atoms with Crippen molar-refractivity contribution in [3.8, 4) is 16.9 Å². The quantitative estimate of drug-likeness (QED) is 0.777. The minimum atomic E-state index is -0.403. The third kappa shape index (κ3) is 2.32. The number of ether oxygens (including phenoxy) is 2. The molecule has 2 rings (SSSR count). The van der Waals surface area contributed by atoms with Gasteiger partial charge in [0.2, 0.25) is 0 Å². The number of para-hydroxylation sites is 1. The molecule has 0 amide bonds. The number of carbonyl (C=O) groups is 1. The van der Waals surface area contributed by atoms with E-state index >= 15 is 0 Å². The van der Waals surface area contributed by atoms with Crippen LogP contribution in [0.25, 0.3) is 11.1 Å². The minimum absolute atomic E-state index is 0.403. The van der Waals surface area contributed by atoms with Gasteiger partial charge in [0.05, 0.1) is 19.8 Å². The lowest BCUT2D eigenvalue weighted by atomic mass is 10.1. The second-order valence-corrected chi connectivity index (χ2v) is 3.65. The predicted octanol–water partition coefficient (Wildman–Crippen LogP) is 2.54. The molecule has 1 aromatic heterocycles. The van der Waals surface area contributed by atoms with Gasteiger partial charge in [0.1, 0.15) is 5.75 Å². The van der Waals surface area contributed by atoms with Crippen LogP contribution in [-0.2, 0) is 4.74 Å². The first kappa shape index (κ1) is 12.1. The van der Waals surface area contributed by atoms with Crippen LogP contribution >= 0.6 is 0 Å². The van der Waals surface area contributed by atoms with Crippen molar-refractivity contribution in [2.24, 2.45) is 0 Å². The lowest BCUT2D eigenvalue weighted by Gasteiger charge is -2.08. The van der Waals surface area contributed by atoms with Crippen LogP contribution in [0.5, 0.6) is 5.75 Å². The number of carbonyl (C=O) groups excluding carboxylic acids is 1. The Bertz CT molecular complexity index is 566. The first-order valence-electron chi connectivity index (χ1n) is 5.43. The number of aromatic nitrogens is 1. The van der Waals surface area contributed by atoms with E-state index < -0.39 is 5.97 Å². The van der Waals surface area contributed by atoms with E-state index in [0.29, 0.717) is 5.56 Å². The summed E-state index contributed by atoms with van der Waals surface area (Å²) in [7, 11) is 2.95. The van der Waals surface area contributed by atoms with Gasteiger partial charge in [-0.05, 0) is 12.1 Å². The van der Waals surface area contributed by atoms with Crippen LogP contribution in [0.4, 0.5) is 0 Å². The summed E-state index contributed by atoms with van der Waals surface area (Å²) in [6, 6.07) is 9.30. The molecule has 0 radical (unpaired) electrons. The fourth-order valence-corrected chi connectivity index (χ4v) is 1.70. The lowest BCUT2D eigenvalue weighted by molar-refractivity contribution is 0.0600. The van der Waals surface area contributed by atoms with Gasteiger partial charge >= 0.3 is 5.97 Å². The molecule has 4 nitrogen and oxygen atoms in total. The summed E-state index contributed by atoms with van der Waals surface area (Å²) in [6.45, 7) is 0. The molecule has 0 fully saturated rings. The Hall–Kier alpha value is -2.36. The standard InChI is InChI=1S/C14H13NO3/c1-17-13-6-4-3-5-12(13)10-7-11(9-15-8-10)14(16)18-2/h3-9H,1-2H3. The molecule has 0 saturated carbocycles. The molecule has 4 heteroatoms. The third-order valence-corrected chi connectivity index (χ3v) is 2.58. The summed E-state index contributed by atoms with van der Waals surface area (Å²) in [4.78, 5) is 15.5. The number of pyridine rings is 1. The summed E-state index contributed by atoms with van der Waals surface area (Å²) >= 11 is 0. The maximum atomic E-state index is 11.5. The highest BCUT2D eigenvalue weighted by atomic mass is 16.5. The topological polar surface area (TPSA) is 48.4 Å². The maximum Gasteiger partial charge on any atom is 0.339 e. The van der Waals surface area contributed by atoms with Gasteiger partial charge in [0.25, 0.3) is 0 Å². The largest absolute Gasteiger partial charge is 0.496 e. The molecule has 0 unspecified atom stereocenters. The Morgan fingerprint density at radius 2 is 1.94 bits per heavy atom. The molecule has 0 bridgehead atoms. The zero-order valence-corrected chi connectivity index (χ0v) is 10.2. The van der Waals surface area contributed by atoms with Gasteiger partial charge in [0, 0.05) is 23.5 Å². The molecule has 0 saturated heterocycles. The molecule has 1 aromatic carbocycles. The molecule has 1 heterocycles.